The van der Waals surface area contributed by atoms with Gasteiger partial charge in [0.2, 0.25) is 0 Å². The van der Waals surface area contributed by atoms with E-state index in [2.05, 4.69) is 0 Å². The van der Waals surface area contributed by atoms with Crippen molar-refractivity contribution in [1.82, 2.24) is 4.90 Å². The maximum atomic E-state index is 12.4. The van der Waals surface area contributed by atoms with Crippen LogP contribution in [0.4, 0.5) is 13.2 Å². The molecule has 108 valence electrons. The number of ether oxygens (including phenoxy) is 1. The van der Waals surface area contributed by atoms with E-state index >= 15 is 0 Å². The minimum atomic E-state index is -4.31. The van der Waals surface area contributed by atoms with Crippen molar-refractivity contribution < 1.29 is 17.9 Å². The van der Waals surface area contributed by atoms with Crippen molar-refractivity contribution in [3.63, 3.8) is 0 Å². The highest BCUT2D eigenvalue weighted by molar-refractivity contribution is 5.26. The molecule has 0 fully saturated rings. The third-order valence-electron chi connectivity index (χ3n) is 2.85. The first-order chi connectivity index (χ1) is 8.84. The van der Waals surface area contributed by atoms with Crippen LogP contribution in [-0.2, 0) is 10.9 Å². The van der Waals surface area contributed by atoms with Gasteiger partial charge in [-0.15, -0.1) is 0 Å². The number of likely N-dealkylation sites (N-methyl/N-ethyl adjacent to an activating group) is 1. The molecule has 2 N–H and O–H groups in total. The zero-order valence-electron chi connectivity index (χ0n) is 11.1. The van der Waals surface area contributed by atoms with Gasteiger partial charge in [0, 0.05) is 26.2 Å². The van der Waals surface area contributed by atoms with Crippen LogP contribution in [0.25, 0.3) is 0 Å². The number of nitrogens with two attached hydrogens (primary N) is 1. The molecule has 0 aliphatic heterocycles. The SMILES string of the molecule is COCCN(C)CC(N)c1ccc(C(F)(F)F)cc1. The average molecular weight is 276 g/mol. The van der Waals surface area contributed by atoms with E-state index in [1.165, 1.54) is 12.1 Å². The Hall–Kier alpha value is -1.11. The lowest BCUT2D eigenvalue weighted by Crippen LogP contribution is -2.31. The predicted octanol–water partition coefficient (Wildman–Crippen LogP) is 2.28. The Morgan fingerprint density at radius 2 is 1.84 bits per heavy atom. The molecule has 6 heteroatoms. The van der Waals surface area contributed by atoms with E-state index in [9.17, 15) is 13.2 Å². The van der Waals surface area contributed by atoms with Gasteiger partial charge in [-0.3, -0.25) is 0 Å². The number of nitrogens with zero attached hydrogens (tertiary/aromatic N) is 1. The molecular formula is C13H19F3N2O. The fourth-order valence-corrected chi connectivity index (χ4v) is 1.70. The fraction of sp³-hybridized carbons (Fsp3) is 0.538. The quantitative estimate of drug-likeness (QED) is 0.866. The van der Waals surface area contributed by atoms with Crippen molar-refractivity contribution in [1.29, 1.82) is 0 Å². The molecule has 3 nitrogen and oxygen atoms in total. The Balaban J connectivity index is 2.60. The van der Waals surface area contributed by atoms with Crippen LogP contribution in [0, 0.1) is 0 Å². The van der Waals surface area contributed by atoms with Crippen molar-refractivity contribution in [2.75, 3.05) is 33.9 Å². The Morgan fingerprint density at radius 3 is 2.32 bits per heavy atom. The summed E-state index contributed by atoms with van der Waals surface area (Å²) in [5.74, 6) is 0. The topological polar surface area (TPSA) is 38.5 Å². The minimum Gasteiger partial charge on any atom is -0.383 e. The van der Waals surface area contributed by atoms with Crippen LogP contribution in [0.5, 0.6) is 0 Å². The summed E-state index contributed by atoms with van der Waals surface area (Å²) in [5.41, 5.74) is 6.00. The molecule has 1 aromatic carbocycles. The molecule has 0 aliphatic rings. The molecule has 1 aromatic rings. The smallest absolute Gasteiger partial charge is 0.383 e. The number of benzene rings is 1. The van der Waals surface area contributed by atoms with Gasteiger partial charge in [0.1, 0.15) is 0 Å². The van der Waals surface area contributed by atoms with Crippen LogP contribution in [0.15, 0.2) is 24.3 Å². The summed E-state index contributed by atoms with van der Waals surface area (Å²) in [6, 6.07) is 4.66. The molecule has 0 saturated heterocycles. The highest BCUT2D eigenvalue weighted by Gasteiger charge is 2.30. The second-order valence-electron chi connectivity index (χ2n) is 4.48. The van der Waals surface area contributed by atoms with Crippen molar-refractivity contribution in [3.05, 3.63) is 35.4 Å². The number of hydrogen-bond acceptors (Lipinski definition) is 3. The van der Waals surface area contributed by atoms with Gasteiger partial charge in [0.05, 0.1) is 12.2 Å². The van der Waals surface area contributed by atoms with E-state index in [1.807, 2.05) is 11.9 Å². The Kier molecular flexibility index (Phi) is 5.78. The fourth-order valence-electron chi connectivity index (χ4n) is 1.70. The highest BCUT2D eigenvalue weighted by atomic mass is 19.4. The first-order valence-electron chi connectivity index (χ1n) is 5.95. The number of rotatable bonds is 6. The van der Waals surface area contributed by atoms with Gasteiger partial charge in [-0.25, -0.2) is 0 Å². The van der Waals surface area contributed by atoms with E-state index in [0.717, 1.165) is 18.7 Å². The number of hydrogen-bond donors (Lipinski definition) is 1. The van der Waals surface area contributed by atoms with E-state index in [-0.39, 0.29) is 6.04 Å². The molecule has 0 bridgehead atoms. The van der Waals surface area contributed by atoms with Gasteiger partial charge in [0.25, 0.3) is 0 Å². The van der Waals surface area contributed by atoms with Crippen LogP contribution in [0.1, 0.15) is 17.2 Å². The van der Waals surface area contributed by atoms with Gasteiger partial charge in [-0.05, 0) is 24.7 Å². The molecule has 0 spiro atoms. The number of halogens is 3. The predicted molar refractivity (Wildman–Crippen MR) is 67.7 cm³/mol. The molecule has 0 aliphatic carbocycles. The van der Waals surface area contributed by atoms with Crippen LogP contribution in [-0.4, -0.2) is 38.8 Å². The van der Waals surface area contributed by atoms with Gasteiger partial charge in [-0.1, -0.05) is 12.1 Å². The van der Waals surface area contributed by atoms with Gasteiger partial charge >= 0.3 is 6.18 Å². The van der Waals surface area contributed by atoms with Crippen LogP contribution >= 0.6 is 0 Å². The molecule has 1 atom stereocenters. The van der Waals surface area contributed by atoms with Crippen molar-refractivity contribution >= 4 is 0 Å². The third kappa shape index (κ3) is 5.18. The molecule has 0 amide bonds. The summed E-state index contributed by atoms with van der Waals surface area (Å²) in [7, 11) is 3.51. The van der Waals surface area contributed by atoms with Crippen molar-refractivity contribution in [2.45, 2.75) is 12.2 Å². The molecule has 1 rings (SSSR count). The molecule has 0 aromatic heterocycles. The number of alkyl halides is 3. The van der Waals surface area contributed by atoms with E-state index in [4.69, 9.17) is 10.5 Å². The lowest BCUT2D eigenvalue weighted by molar-refractivity contribution is -0.137. The van der Waals surface area contributed by atoms with Gasteiger partial charge in [-0.2, -0.15) is 13.2 Å². The Labute approximate surface area is 111 Å². The van der Waals surface area contributed by atoms with Crippen molar-refractivity contribution in [3.8, 4) is 0 Å². The van der Waals surface area contributed by atoms with Crippen LogP contribution in [0.3, 0.4) is 0 Å². The third-order valence-corrected chi connectivity index (χ3v) is 2.85. The average Bonchev–Trinajstić information content (AvgIpc) is 2.35. The normalized spacial score (nSPS) is 13.8. The second-order valence-corrected chi connectivity index (χ2v) is 4.48. The zero-order chi connectivity index (χ0) is 14.5. The van der Waals surface area contributed by atoms with Crippen LogP contribution < -0.4 is 5.73 Å². The van der Waals surface area contributed by atoms with Gasteiger partial charge < -0.3 is 15.4 Å². The summed E-state index contributed by atoms with van der Waals surface area (Å²) in [6.07, 6.45) is -4.31. The standard InChI is InChI=1S/C13H19F3N2O/c1-18(7-8-19-2)9-12(17)10-3-5-11(6-4-10)13(14,15)16/h3-6,12H,7-9,17H2,1-2H3. The van der Waals surface area contributed by atoms with E-state index in [1.54, 1.807) is 7.11 Å². The molecule has 1 unspecified atom stereocenters. The summed E-state index contributed by atoms with van der Waals surface area (Å²) in [5, 5.41) is 0. The summed E-state index contributed by atoms with van der Waals surface area (Å²) >= 11 is 0. The maximum absolute atomic E-state index is 12.4. The molecule has 19 heavy (non-hydrogen) atoms. The lowest BCUT2D eigenvalue weighted by Gasteiger charge is -2.21. The maximum Gasteiger partial charge on any atom is 0.416 e. The Morgan fingerprint density at radius 1 is 1.26 bits per heavy atom. The van der Waals surface area contributed by atoms with E-state index < -0.39 is 11.7 Å². The zero-order valence-corrected chi connectivity index (χ0v) is 11.1. The monoisotopic (exact) mass is 276 g/mol. The number of methoxy groups -OCH3 is 1. The largest absolute Gasteiger partial charge is 0.416 e. The van der Waals surface area contributed by atoms with Crippen molar-refractivity contribution in [2.24, 2.45) is 5.73 Å². The first-order valence-corrected chi connectivity index (χ1v) is 5.95. The summed E-state index contributed by atoms with van der Waals surface area (Å²) in [6.45, 7) is 1.88. The molecular weight excluding hydrogens is 257 g/mol. The summed E-state index contributed by atoms with van der Waals surface area (Å²) in [4.78, 5) is 1.98. The first kappa shape index (κ1) is 15.9. The van der Waals surface area contributed by atoms with Crippen LogP contribution in [0.2, 0.25) is 0 Å². The molecule has 0 heterocycles. The second kappa shape index (κ2) is 6.88. The lowest BCUT2D eigenvalue weighted by atomic mass is 10.0. The molecule has 0 radical (unpaired) electrons. The molecule has 0 saturated carbocycles. The Bertz CT molecular complexity index is 378. The minimum absolute atomic E-state index is 0.316. The van der Waals surface area contributed by atoms with E-state index in [0.29, 0.717) is 18.7 Å². The van der Waals surface area contributed by atoms with Gasteiger partial charge in [0.15, 0.2) is 0 Å². The summed E-state index contributed by atoms with van der Waals surface area (Å²) < 4.78 is 42.2. The highest BCUT2D eigenvalue weighted by Crippen LogP contribution is 2.29.